The summed E-state index contributed by atoms with van der Waals surface area (Å²) in [7, 11) is -3.65. The number of ether oxygens (including phenoxy) is 1. The number of rotatable bonds is 10. The first-order chi connectivity index (χ1) is 14.2. The topological polar surface area (TPSA) is 105 Å². The second-order valence-corrected chi connectivity index (χ2v) is 9.27. The number of sulfonamides is 1. The number of halogens is 1. The molecular weight excluding hydrogens is 411 g/mol. The molecule has 9 heteroatoms. The highest BCUT2D eigenvalue weighted by Crippen LogP contribution is 2.31. The van der Waals surface area contributed by atoms with Gasteiger partial charge in [-0.25, -0.2) is 22.3 Å². The van der Waals surface area contributed by atoms with Crippen LogP contribution < -0.4 is 14.8 Å². The lowest BCUT2D eigenvalue weighted by atomic mass is 10.1. The van der Waals surface area contributed by atoms with Gasteiger partial charge in [-0.1, -0.05) is 30.3 Å². The van der Waals surface area contributed by atoms with Gasteiger partial charge in [0.05, 0.1) is 12.4 Å². The number of benzene rings is 2. The van der Waals surface area contributed by atoms with Crippen molar-refractivity contribution in [3.63, 3.8) is 0 Å². The van der Waals surface area contributed by atoms with E-state index >= 15 is 0 Å². The minimum absolute atomic E-state index is 0.135. The van der Waals surface area contributed by atoms with E-state index in [1.54, 1.807) is 31.2 Å². The van der Waals surface area contributed by atoms with Crippen LogP contribution in [0.25, 0.3) is 0 Å². The second-order valence-electron chi connectivity index (χ2n) is 7.52. The highest BCUT2D eigenvalue weighted by Gasteiger charge is 2.23. The highest BCUT2D eigenvalue weighted by atomic mass is 32.2. The maximum absolute atomic E-state index is 14.0. The van der Waals surface area contributed by atoms with Gasteiger partial charge in [0, 0.05) is 12.6 Å². The van der Waals surface area contributed by atoms with Crippen LogP contribution in [0.15, 0.2) is 42.5 Å². The van der Waals surface area contributed by atoms with Crippen LogP contribution in [-0.4, -0.2) is 26.2 Å². The SMILES string of the molecule is CC(NS(=O)(=O)Cc1ccc(CNC(=O)O)cc1)c1ccc(F)c(OCC2CC2)c1. The molecule has 0 bridgehead atoms. The normalized spacial score (nSPS) is 14.9. The molecule has 2 aromatic carbocycles. The molecule has 1 fully saturated rings. The van der Waals surface area contributed by atoms with E-state index in [4.69, 9.17) is 9.84 Å². The summed E-state index contributed by atoms with van der Waals surface area (Å²) in [6.07, 6.45) is 1.06. The van der Waals surface area contributed by atoms with Crippen molar-refractivity contribution in [3.05, 3.63) is 65.0 Å². The molecule has 1 atom stereocenters. The number of hydrogen-bond acceptors (Lipinski definition) is 4. The van der Waals surface area contributed by atoms with E-state index in [0.717, 1.165) is 18.4 Å². The van der Waals surface area contributed by atoms with E-state index in [9.17, 15) is 17.6 Å². The Hall–Kier alpha value is -2.65. The molecule has 0 aliphatic heterocycles. The summed E-state index contributed by atoms with van der Waals surface area (Å²) in [5, 5.41) is 10.9. The predicted molar refractivity (Wildman–Crippen MR) is 110 cm³/mol. The molecule has 0 heterocycles. The fraction of sp³-hybridized carbons (Fsp3) is 0.381. The molecule has 0 radical (unpaired) electrons. The quantitative estimate of drug-likeness (QED) is 0.528. The molecule has 0 aromatic heterocycles. The summed E-state index contributed by atoms with van der Waals surface area (Å²) in [6, 6.07) is 10.4. The fourth-order valence-corrected chi connectivity index (χ4v) is 4.31. The van der Waals surface area contributed by atoms with Crippen molar-refractivity contribution in [1.82, 2.24) is 10.0 Å². The molecule has 1 aliphatic rings. The third-order valence-corrected chi connectivity index (χ3v) is 6.23. The van der Waals surface area contributed by atoms with Crippen molar-refractivity contribution in [3.8, 4) is 5.75 Å². The zero-order valence-electron chi connectivity index (χ0n) is 16.6. The standard InChI is InChI=1S/C21H25FN2O5S/c1-14(18-8-9-19(22)20(10-18)29-12-16-4-5-16)24-30(27,28)13-17-6-2-15(3-7-17)11-23-21(25)26/h2-3,6-10,14,16,23-24H,4-5,11-13H2,1H3,(H,25,26). The summed E-state index contributed by atoms with van der Waals surface area (Å²) in [5.74, 6) is -0.0749. The number of amides is 1. The van der Waals surface area contributed by atoms with Gasteiger partial charge in [0.15, 0.2) is 11.6 Å². The average Bonchev–Trinajstić information content (AvgIpc) is 3.50. The first-order valence-electron chi connectivity index (χ1n) is 9.69. The van der Waals surface area contributed by atoms with Crippen LogP contribution in [0, 0.1) is 11.7 Å². The van der Waals surface area contributed by atoms with Crippen LogP contribution in [0.4, 0.5) is 9.18 Å². The summed E-state index contributed by atoms with van der Waals surface area (Å²) in [4.78, 5) is 10.5. The number of hydrogen-bond donors (Lipinski definition) is 3. The average molecular weight is 437 g/mol. The zero-order valence-corrected chi connectivity index (χ0v) is 17.4. The van der Waals surface area contributed by atoms with E-state index < -0.39 is 28.0 Å². The molecule has 3 rings (SSSR count). The molecule has 2 aromatic rings. The molecule has 3 N–H and O–H groups in total. The fourth-order valence-electron chi connectivity index (χ4n) is 2.92. The van der Waals surface area contributed by atoms with Gasteiger partial charge in [0.1, 0.15) is 0 Å². The van der Waals surface area contributed by atoms with Crippen LogP contribution in [0.2, 0.25) is 0 Å². The van der Waals surface area contributed by atoms with E-state index in [2.05, 4.69) is 10.0 Å². The molecular formula is C21H25FN2O5S. The molecule has 30 heavy (non-hydrogen) atoms. The Labute approximate surface area is 175 Å². The minimum atomic E-state index is -3.65. The summed E-state index contributed by atoms with van der Waals surface area (Å²) in [5.41, 5.74) is 1.91. The van der Waals surface area contributed by atoms with Crippen LogP contribution in [0.5, 0.6) is 5.75 Å². The highest BCUT2D eigenvalue weighted by molar-refractivity contribution is 7.88. The van der Waals surface area contributed by atoms with Crippen molar-refractivity contribution >= 4 is 16.1 Å². The van der Waals surface area contributed by atoms with Gasteiger partial charge in [-0.05, 0) is 54.5 Å². The Morgan fingerprint density at radius 3 is 2.50 bits per heavy atom. The zero-order chi connectivity index (χ0) is 21.7. The van der Waals surface area contributed by atoms with Gasteiger partial charge < -0.3 is 15.2 Å². The summed E-state index contributed by atoms with van der Waals surface area (Å²) in [6.45, 7) is 2.31. The Bertz CT molecular complexity index is 991. The molecule has 0 saturated heterocycles. The Kier molecular flexibility index (Phi) is 6.94. The van der Waals surface area contributed by atoms with Crippen LogP contribution in [-0.2, 0) is 22.3 Å². The lowest BCUT2D eigenvalue weighted by molar-refractivity contribution is 0.194. The number of carbonyl (C=O) groups is 1. The van der Waals surface area contributed by atoms with Gasteiger partial charge in [0.25, 0.3) is 0 Å². The van der Waals surface area contributed by atoms with Crippen LogP contribution in [0.1, 0.15) is 42.5 Å². The van der Waals surface area contributed by atoms with Crippen molar-refractivity contribution in [2.45, 2.75) is 38.1 Å². The largest absolute Gasteiger partial charge is 0.490 e. The van der Waals surface area contributed by atoms with Gasteiger partial charge >= 0.3 is 6.09 Å². The summed E-state index contributed by atoms with van der Waals surface area (Å²) >= 11 is 0. The first-order valence-corrected chi connectivity index (χ1v) is 11.3. The Morgan fingerprint density at radius 2 is 1.87 bits per heavy atom. The monoisotopic (exact) mass is 436 g/mol. The summed E-state index contributed by atoms with van der Waals surface area (Å²) < 4.78 is 47.2. The molecule has 7 nitrogen and oxygen atoms in total. The molecule has 1 aliphatic carbocycles. The molecule has 162 valence electrons. The second kappa shape index (κ2) is 9.44. The molecule has 1 saturated carbocycles. The van der Waals surface area contributed by atoms with Crippen molar-refractivity contribution < 1.29 is 27.4 Å². The Morgan fingerprint density at radius 1 is 1.20 bits per heavy atom. The molecule has 1 amide bonds. The van der Waals surface area contributed by atoms with Crippen LogP contribution in [0.3, 0.4) is 0 Å². The van der Waals surface area contributed by atoms with Crippen LogP contribution >= 0.6 is 0 Å². The Balaban J connectivity index is 1.60. The van der Waals surface area contributed by atoms with Gasteiger partial charge in [-0.3, -0.25) is 0 Å². The van der Waals surface area contributed by atoms with Crippen molar-refractivity contribution in [2.75, 3.05) is 6.61 Å². The lowest BCUT2D eigenvalue weighted by Crippen LogP contribution is -2.28. The predicted octanol–water partition coefficient (Wildman–Crippen LogP) is 3.56. The minimum Gasteiger partial charge on any atom is -0.490 e. The van der Waals surface area contributed by atoms with E-state index in [1.807, 2.05) is 0 Å². The van der Waals surface area contributed by atoms with E-state index in [1.165, 1.54) is 18.2 Å². The smallest absolute Gasteiger partial charge is 0.404 e. The molecule has 0 spiro atoms. The van der Waals surface area contributed by atoms with Gasteiger partial charge in [-0.2, -0.15) is 0 Å². The van der Waals surface area contributed by atoms with E-state index in [0.29, 0.717) is 23.7 Å². The number of nitrogens with one attached hydrogen (secondary N) is 2. The van der Waals surface area contributed by atoms with Crippen molar-refractivity contribution in [1.29, 1.82) is 0 Å². The third-order valence-electron chi connectivity index (χ3n) is 4.81. The maximum atomic E-state index is 14.0. The lowest BCUT2D eigenvalue weighted by Gasteiger charge is -2.16. The van der Waals surface area contributed by atoms with Crippen molar-refractivity contribution in [2.24, 2.45) is 5.92 Å². The third kappa shape index (κ3) is 6.70. The first kappa shape index (κ1) is 22.0. The number of carboxylic acid groups (broad SMARTS) is 1. The molecule has 1 unspecified atom stereocenters. The maximum Gasteiger partial charge on any atom is 0.404 e. The van der Waals surface area contributed by atoms with E-state index in [-0.39, 0.29) is 18.0 Å². The van der Waals surface area contributed by atoms with Gasteiger partial charge in [-0.15, -0.1) is 0 Å². The van der Waals surface area contributed by atoms with Gasteiger partial charge in [0.2, 0.25) is 10.0 Å².